The fraction of sp³-hybridized carbons (Fsp3) is 0.323. The first-order chi connectivity index (χ1) is 19.8. The zero-order valence-electron chi connectivity index (χ0n) is 22.6. The maximum absolute atomic E-state index is 13.8. The van der Waals surface area contributed by atoms with Crippen LogP contribution in [0.2, 0.25) is 0 Å². The van der Waals surface area contributed by atoms with Gasteiger partial charge in [-0.15, -0.1) is 0 Å². The van der Waals surface area contributed by atoms with Gasteiger partial charge in [0, 0.05) is 30.6 Å². The van der Waals surface area contributed by atoms with Crippen molar-refractivity contribution in [3.63, 3.8) is 0 Å². The smallest absolute Gasteiger partial charge is 0.416 e. The van der Waals surface area contributed by atoms with Gasteiger partial charge < -0.3 is 20.3 Å². The Hall–Kier alpha value is -4.18. The third-order valence-corrected chi connectivity index (χ3v) is 6.97. The van der Waals surface area contributed by atoms with Crippen LogP contribution in [0.25, 0.3) is 6.08 Å². The van der Waals surface area contributed by atoms with Crippen LogP contribution in [0, 0.1) is 0 Å². The molecule has 7 nitrogen and oxygen atoms in total. The summed E-state index contributed by atoms with van der Waals surface area (Å²) >= 11 is 0. The lowest BCUT2D eigenvalue weighted by atomic mass is 10.0. The minimum Gasteiger partial charge on any atom is -0.457 e. The van der Waals surface area contributed by atoms with E-state index in [-0.39, 0.29) is 11.3 Å². The highest BCUT2D eigenvalue weighted by Gasteiger charge is 2.33. The molecule has 0 unspecified atom stereocenters. The summed E-state index contributed by atoms with van der Waals surface area (Å²) in [6, 6.07) is 14.7. The lowest BCUT2D eigenvalue weighted by Gasteiger charge is -2.17. The van der Waals surface area contributed by atoms with Crippen molar-refractivity contribution < 1.29 is 22.7 Å². The molecule has 2 aliphatic rings. The summed E-state index contributed by atoms with van der Waals surface area (Å²) in [7, 11) is 0. The number of aryl methyl sites for hydroxylation is 1. The second-order valence-corrected chi connectivity index (χ2v) is 10.1. The number of nitrogens with one attached hydrogen (secondary N) is 2. The topological polar surface area (TPSA) is 78.8 Å². The Labute approximate surface area is 237 Å². The Morgan fingerprint density at radius 1 is 1.07 bits per heavy atom. The van der Waals surface area contributed by atoms with Crippen molar-refractivity contribution in [2.24, 2.45) is 4.99 Å². The van der Waals surface area contributed by atoms with Crippen LogP contribution in [-0.4, -0.2) is 54.4 Å². The predicted octanol–water partition coefficient (Wildman–Crippen LogP) is 5.92. The molecule has 214 valence electrons. The normalized spacial score (nSPS) is 15.6. The van der Waals surface area contributed by atoms with Crippen molar-refractivity contribution >= 4 is 23.5 Å². The van der Waals surface area contributed by atoms with E-state index in [2.05, 4.69) is 25.5 Å². The molecule has 0 aliphatic carbocycles. The molecule has 0 saturated carbocycles. The molecule has 1 amide bonds. The number of ether oxygens (including phenoxy) is 1. The zero-order chi connectivity index (χ0) is 28.7. The molecule has 1 aromatic heterocycles. The highest BCUT2D eigenvalue weighted by molar-refractivity contribution is 6.02. The number of aromatic nitrogens is 1. The molecule has 5 rings (SSSR count). The Morgan fingerprint density at radius 3 is 2.68 bits per heavy atom. The number of rotatable bonds is 10. The van der Waals surface area contributed by atoms with E-state index in [0.717, 1.165) is 50.9 Å². The predicted molar refractivity (Wildman–Crippen MR) is 153 cm³/mol. The van der Waals surface area contributed by atoms with E-state index in [1.807, 2.05) is 0 Å². The Bertz CT molecular complexity index is 1430. The van der Waals surface area contributed by atoms with E-state index in [0.29, 0.717) is 42.1 Å². The number of amides is 1. The molecule has 0 radical (unpaired) electrons. The van der Waals surface area contributed by atoms with Gasteiger partial charge in [-0.3, -0.25) is 14.8 Å². The minimum absolute atomic E-state index is 0.0993. The van der Waals surface area contributed by atoms with Crippen molar-refractivity contribution in [2.45, 2.75) is 31.9 Å². The summed E-state index contributed by atoms with van der Waals surface area (Å²) in [5, 5.41) is 5.73. The lowest BCUT2D eigenvalue weighted by Crippen LogP contribution is -2.21. The van der Waals surface area contributed by atoms with Gasteiger partial charge >= 0.3 is 6.18 Å². The van der Waals surface area contributed by atoms with E-state index in [9.17, 15) is 18.0 Å². The molecule has 0 bridgehead atoms. The third kappa shape index (κ3) is 7.94. The quantitative estimate of drug-likeness (QED) is 0.300. The van der Waals surface area contributed by atoms with Gasteiger partial charge in [0.05, 0.1) is 12.1 Å². The summed E-state index contributed by atoms with van der Waals surface area (Å²) < 4.78 is 47.4. The molecule has 2 aromatic carbocycles. The number of benzene rings is 2. The third-order valence-electron chi connectivity index (χ3n) is 6.97. The fourth-order valence-electron chi connectivity index (χ4n) is 4.98. The van der Waals surface area contributed by atoms with E-state index >= 15 is 0 Å². The van der Waals surface area contributed by atoms with Crippen LogP contribution >= 0.6 is 0 Å². The van der Waals surface area contributed by atoms with Crippen molar-refractivity contribution in [3.8, 4) is 11.5 Å². The molecule has 3 heterocycles. The number of hydrogen-bond acceptors (Lipinski definition) is 6. The van der Waals surface area contributed by atoms with Crippen LogP contribution in [0.1, 0.15) is 41.6 Å². The average molecular weight is 564 g/mol. The molecule has 0 atom stereocenters. The highest BCUT2D eigenvalue weighted by Crippen LogP contribution is 2.34. The summed E-state index contributed by atoms with van der Waals surface area (Å²) in [4.78, 5) is 23.5. The number of likely N-dealkylation sites (tertiary alicyclic amines) is 1. The maximum atomic E-state index is 13.8. The molecule has 41 heavy (non-hydrogen) atoms. The average Bonchev–Trinajstić information content (AvgIpc) is 3.68. The second-order valence-electron chi connectivity index (χ2n) is 10.1. The molecule has 2 N–H and O–H groups in total. The number of pyridine rings is 1. The van der Waals surface area contributed by atoms with Gasteiger partial charge in [0.1, 0.15) is 23.0 Å². The molecular weight excluding hydrogens is 531 g/mol. The number of anilines is 1. The summed E-state index contributed by atoms with van der Waals surface area (Å²) in [5.41, 5.74) is 1.02. The summed E-state index contributed by atoms with van der Waals surface area (Å²) in [5.74, 6) is 1.34. The van der Waals surface area contributed by atoms with Gasteiger partial charge in [-0.2, -0.15) is 13.2 Å². The Kier molecular flexibility index (Phi) is 8.98. The number of alkyl halides is 3. The first-order valence-corrected chi connectivity index (χ1v) is 13.8. The van der Waals surface area contributed by atoms with E-state index in [1.165, 1.54) is 18.2 Å². The first-order valence-electron chi connectivity index (χ1n) is 13.8. The van der Waals surface area contributed by atoms with Crippen LogP contribution in [0.3, 0.4) is 0 Å². The molecule has 1 saturated heterocycles. The number of carbonyl (C=O) groups is 1. The minimum atomic E-state index is -4.50. The fourth-order valence-corrected chi connectivity index (χ4v) is 4.98. The number of amidine groups is 1. The second kappa shape index (κ2) is 13.0. The zero-order valence-corrected chi connectivity index (χ0v) is 22.6. The van der Waals surface area contributed by atoms with E-state index in [4.69, 9.17) is 4.74 Å². The maximum Gasteiger partial charge on any atom is 0.416 e. The molecule has 2 aliphatic heterocycles. The highest BCUT2D eigenvalue weighted by atomic mass is 19.4. The Morgan fingerprint density at radius 2 is 1.90 bits per heavy atom. The lowest BCUT2D eigenvalue weighted by molar-refractivity contribution is -0.138. The van der Waals surface area contributed by atoms with E-state index < -0.39 is 17.6 Å². The van der Waals surface area contributed by atoms with Crippen LogP contribution < -0.4 is 15.4 Å². The van der Waals surface area contributed by atoms with Crippen LogP contribution in [0.4, 0.5) is 18.9 Å². The van der Waals surface area contributed by atoms with Gasteiger partial charge in [0.25, 0.3) is 0 Å². The molecule has 1 fully saturated rings. The Balaban J connectivity index is 1.20. The van der Waals surface area contributed by atoms with Crippen LogP contribution in [0.15, 0.2) is 71.9 Å². The molecule has 10 heteroatoms. The SMILES string of the molecule is O=C(C=Cc1cccc(Oc2ccnc(C3=NCCN3)c2)c1)Nc1ccc(CCCN2CCCC2)c(C(F)(F)F)c1. The first kappa shape index (κ1) is 28.4. The standard InChI is InChI=1S/C31H32F3N5O2/c32-31(33,34)27-20-24(10-9-23(27)6-4-18-39-16-1-2-17-39)38-29(40)11-8-22-5-3-7-25(19-22)41-26-12-13-35-28(21-26)30-36-14-15-37-30/h3,5,7-13,19-21H,1-2,4,6,14-18H2,(H,36,37)(H,38,40). The van der Waals surface area contributed by atoms with Crippen LogP contribution in [-0.2, 0) is 17.4 Å². The number of halogens is 3. The van der Waals surface area contributed by atoms with Gasteiger partial charge in [-0.25, -0.2) is 0 Å². The largest absolute Gasteiger partial charge is 0.457 e. The molecule has 0 spiro atoms. The number of hydrogen-bond donors (Lipinski definition) is 2. The van der Waals surface area contributed by atoms with Gasteiger partial charge in [0.2, 0.25) is 5.91 Å². The van der Waals surface area contributed by atoms with Gasteiger partial charge in [-0.1, -0.05) is 18.2 Å². The van der Waals surface area contributed by atoms with Crippen molar-refractivity contribution in [2.75, 3.05) is 38.0 Å². The van der Waals surface area contributed by atoms with Gasteiger partial charge in [0.15, 0.2) is 0 Å². The molecular formula is C31H32F3N5O2. The van der Waals surface area contributed by atoms with Crippen molar-refractivity contribution in [1.29, 1.82) is 0 Å². The monoisotopic (exact) mass is 563 g/mol. The number of aliphatic imine (C=N–C) groups is 1. The molecule has 3 aromatic rings. The number of carbonyl (C=O) groups excluding carboxylic acids is 1. The van der Waals surface area contributed by atoms with Gasteiger partial charge in [-0.05, 0) is 92.9 Å². The van der Waals surface area contributed by atoms with Crippen molar-refractivity contribution in [3.05, 3.63) is 89.3 Å². The summed E-state index contributed by atoms with van der Waals surface area (Å²) in [6.07, 6.45) is 3.30. The van der Waals surface area contributed by atoms with E-state index in [1.54, 1.807) is 48.7 Å². The summed E-state index contributed by atoms with van der Waals surface area (Å²) in [6.45, 7) is 4.31. The van der Waals surface area contributed by atoms with Crippen molar-refractivity contribution in [1.82, 2.24) is 15.2 Å². The number of nitrogens with zero attached hydrogens (tertiary/aromatic N) is 3. The van der Waals surface area contributed by atoms with Crippen LogP contribution in [0.5, 0.6) is 11.5 Å².